The highest BCUT2D eigenvalue weighted by Crippen LogP contribution is 2.14. The highest BCUT2D eigenvalue weighted by Gasteiger charge is 2.17. The summed E-state index contributed by atoms with van der Waals surface area (Å²) < 4.78 is 59.1. The Balaban J connectivity index is 1.79. The molecule has 0 saturated carbocycles. The molecule has 3 aromatic carbocycles. The van der Waals surface area contributed by atoms with Crippen LogP contribution >= 0.6 is 0 Å². The molecule has 0 aromatic heterocycles. The summed E-state index contributed by atoms with van der Waals surface area (Å²) >= 11 is 0. The van der Waals surface area contributed by atoms with Gasteiger partial charge in [0.2, 0.25) is 0 Å². The molecule has 0 radical (unpaired) electrons. The molecule has 3 rings (SSSR count). The second-order valence-electron chi connectivity index (χ2n) is 7.01. The average Bonchev–Trinajstić information content (AvgIpc) is 2.83. The van der Waals surface area contributed by atoms with E-state index in [2.05, 4.69) is 10.3 Å². The maximum atomic E-state index is 12.4. The van der Waals surface area contributed by atoms with Crippen molar-refractivity contribution in [3.63, 3.8) is 0 Å². The van der Waals surface area contributed by atoms with Crippen molar-refractivity contribution in [2.45, 2.75) is 29.6 Å². The van der Waals surface area contributed by atoms with Crippen molar-refractivity contribution in [3.05, 3.63) is 96.6 Å². The van der Waals surface area contributed by atoms with E-state index >= 15 is 0 Å². The summed E-state index contributed by atoms with van der Waals surface area (Å²) in [6.45, 7) is 1.55. The summed E-state index contributed by atoms with van der Waals surface area (Å²) in [6, 6.07) is 24.5. The molecule has 33 heavy (non-hydrogen) atoms. The first kappa shape index (κ1) is 24.1. The number of oxime groups is 2. The van der Waals surface area contributed by atoms with Crippen molar-refractivity contribution in [1.29, 1.82) is 0 Å². The molecule has 0 aliphatic carbocycles. The monoisotopic (exact) mass is 486 g/mol. The van der Waals surface area contributed by atoms with E-state index < -0.39 is 20.2 Å². The average molecular weight is 487 g/mol. The van der Waals surface area contributed by atoms with Crippen LogP contribution in [0.1, 0.15) is 18.9 Å². The Morgan fingerprint density at radius 3 is 1.58 bits per heavy atom. The van der Waals surface area contributed by atoms with Crippen LogP contribution in [0.4, 0.5) is 0 Å². The highest BCUT2D eigenvalue weighted by atomic mass is 32.2. The van der Waals surface area contributed by atoms with Gasteiger partial charge >= 0.3 is 20.2 Å². The van der Waals surface area contributed by atoms with E-state index in [1.807, 2.05) is 30.3 Å². The molecule has 0 aliphatic rings. The maximum Gasteiger partial charge on any atom is 0.358 e. The van der Waals surface area contributed by atoms with Crippen molar-refractivity contribution in [2.75, 3.05) is 0 Å². The summed E-state index contributed by atoms with van der Waals surface area (Å²) in [6.07, 6.45) is 0.299. The molecule has 3 aromatic rings. The van der Waals surface area contributed by atoms with Gasteiger partial charge in [0.25, 0.3) is 0 Å². The SMILES string of the molecule is C/C(C/C(Cc1ccccc1)=N\OS(=O)(=O)c1ccccc1)=N\OS(=O)(=O)c1ccccc1. The minimum Gasteiger partial charge on any atom is -0.265 e. The van der Waals surface area contributed by atoms with Gasteiger partial charge in [-0.15, -0.1) is 0 Å². The molecule has 10 heteroatoms. The lowest BCUT2D eigenvalue weighted by Gasteiger charge is -2.08. The molecule has 0 spiro atoms. The first-order chi connectivity index (χ1) is 15.8. The largest absolute Gasteiger partial charge is 0.358 e. The third-order valence-electron chi connectivity index (χ3n) is 4.33. The molecule has 0 fully saturated rings. The molecular formula is C23H22N2O6S2. The predicted molar refractivity (Wildman–Crippen MR) is 125 cm³/mol. The van der Waals surface area contributed by atoms with Crippen LogP contribution < -0.4 is 0 Å². The number of hydrogen-bond acceptors (Lipinski definition) is 8. The Labute approximate surface area is 193 Å². The molecule has 0 aliphatic heterocycles. The van der Waals surface area contributed by atoms with Crippen LogP contribution in [0, 0.1) is 0 Å². The van der Waals surface area contributed by atoms with Gasteiger partial charge in [0, 0.05) is 12.8 Å². The van der Waals surface area contributed by atoms with Crippen LogP contribution in [0.3, 0.4) is 0 Å². The summed E-state index contributed by atoms with van der Waals surface area (Å²) in [5.41, 5.74) is 1.45. The number of hydrogen-bond donors (Lipinski definition) is 0. The number of benzene rings is 3. The fourth-order valence-corrected chi connectivity index (χ4v) is 4.34. The van der Waals surface area contributed by atoms with Gasteiger partial charge in [-0.3, -0.25) is 8.57 Å². The smallest absolute Gasteiger partial charge is 0.265 e. The lowest BCUT2D eigenvalue weighted by molar-refractivity contribution is 0.335. The van der Waals surface area contributed by atoms with Crippen LogP contribution in [0.2, 0.25) is 0 Å². The van der Waals surface area contributed by atoms with E-state index in [0.29, 0.717) is 5.71 Å². The van der Waals surface area contributed by atoms with Crippen molar-refractivity contribution >= 4 is 31.7 Å². The topological polar surface area (TPSA) is 111 Å². The molecule has 0 heterocycles. The molecular weight excluding hydrogens is 464 g/mol. The molecule has 8 nitrogen and oxygen atoms in total. The van der Waals surface area contributed by atoms with Crippen molar-refractivity contribution in [3.8, 4) is 0 Å². The number of nitrogens with zero attached hydrogens (tertiary/aromatic N) is 2. The lowest BCUT2D eigenvalue weighted by atomic mass is 10.0. The van der Waals surface area contributed by atoms with E-state index in [-0.39, 0.29) is 28.3 Å². The summed E-state index contributed by atoms with van der Waals surface area (Å²) in [4.78, 5) is -0.0625. The predicted octanol–water partition coefficient (Wildman–Crippen LogP) is 4.16. The van der Waals surface area contributed by atoms with Gasteiger partial charge in [-0.1, -0.05) is 77.0 Å². The van der Waals surface area contributed by atoms with Crippen LogP contribution in [0.15, 0.2) is 111 Å². The van der Waals surface area contributed by atoms with Gasteiger partial charge in [-0.05, 0) is 36.8 Å². The fourth-order valence-electron chi connectivity index (χ4n) is 2.76. The maximum absolute atomic E-state index is 12.4. The van der Waals surface area contributed by atoms with E-state index in [9.17, 15) is 16.8 Å². The quantitative estimate of drug-likeness (QED) is 0.314. The molecule has 0 saturated heterocycles. The Kier molecular flexibility index (Phi) is 7.96. The third-order valence-corrected chi connectivity index (χ3v) is 6.57. The highest BCUT2D eigenvalue weighted by molar-refractivity contribution is 7.87. The van der Waals surface area contributed by atoms with Gasteiger partial charge in [0.15, 0.2) is 0 Å². The van der Waals surface area contributed by atoms with Gasteiger partial charge in [0.1, 0.15) is 9.79 Å². The van der Waals surface area contributed by atoms with Crippen LogP contribution in [0.25, 0.3) is 0 Å². The van der Waals surface area contributed by atoms with Crippen LogP contribution in [-0.4, -0.2) is 28.3 Å². The molecule has 172 valence electrons. The summed E-state index contributed by atoms with van der Waals surface area (Å²) in [7, 11) is -8.19. The summed E-state index contributed by atoms with van der Waals surface area (Å²) in [5, 5.41) is 7.55. The van der Waals surface area contributed by atoms with E-state index in [4.69, 9.17) is 8.57 Å². The lowest BCUT2D eigenvalue weighted by Crippen LogP contribution is -2.13. The van der Waals surface area contributed by atoms with Gasteiger partial charge < -0.3 is 0 Å². The molecule has 0 atom stereocenters. The van der Waals surface area contributed by atoms with Crippen molar-refractivity contribution in [2.24, 2.45) is 10.3 Å². The Hall–Kier alpha value is -3.50. The van der Waals surface area contributed by atoms with Crippen LogP contribution in [-0.2, 0) is 35.2 Å². The first-order valence-corrected chi connectivity index (χ1v) is 12.7. The zero-order valence-corrected chi connectivity index (χ0v) is 19.4. The van der Waals surface area contributed by atoms with E-state index in [0.717, 1.165) is 5.56 Å². The van der Waals surface area contributed by atoms with Crippen LogP contribution in [0.5, 0.6) is 0 Å². The Morgan fingerprint density at radius 2 is 1.09 bits per heavy atom. The Morgan fingerprint density at radius 1 is 0.667 bits per heavy atom. The second kappa shape index (κ2) is 10.9. The van der Waals surface area contributed by atoms with Gasteiger partial charge in [-0.25, -0.2) is 0 Å². The molecule has 0 amide bonds. The van der Waals surface area contributed by atoms with E-state index in [1.54, 1.807) is 43.3 Å². The molecule has 0 unspecified atom stereocenters. The fraction of sp³-hybridized carbons (Fsp3) is 0.130. The normalized spacial score (nSPS) is 12.9. The van der Waals surface area contributed by atoms with Crippen molar-refractivity contribution < 1.29 is 25.4 Å². The van der Waals surface area contributed by atoms with E-state index in [1.165, 1.54) is 24.3 Å². The molecule has 0 N–H and O–H groups in total. The zero-order valence-electron chi connectivity index (χ0n) is 17.7. The minimum absolute atomic E-state index is 0.0305. The molecule has 0 bridgehead atoms. The summed E-state index contributed by atoms with van der Waals surface area (Å²) in [5.74, 6) is 0. The standard InChI is InChI=1S/C23H22N2O6S2/c1-19(24-30-32(26,27)22-13-7-3-8-14-22)17-21(18-20-11-5-2-6-12-20)25-31-33(28,29)23-15-9-4-10-16-23/h2-16H,17-18H2,1H3/b24-19+,25-21+. The minimum atomic E-state index is -4.11. The zero-order chi connectivity index (χ0) is 23.7. The van der Waals surface area contributed by atoms with Crippen molar-refractivity contribution in [1.82, 2.24) is 0 Å². The number of rotatable bonds is 10. The second-order valence-corrected chi connectivity index (χ2v) is 10.1. The third kappa shape index (κ3) is 7.26. The van der Waals surface area contributed by atoms with Gasteiger partial charge in [0.05, 0.1) is 11.4 Å². The van der Waals surface area contributed by atoms with Gasteiger partial charge in [-0.2, -0.15) is 16.8 Å². The Bertz CT molecular complexity index is 1320. The first-order valence-electron chi connectivity index (χ1n) is 9.87.